The standard InChI is InChI=1S/C23H18F3N5O4/c1-13-12-30-20(22(33)31(13)16-4-6-17(7-5-16)35-23(24,25)26)18(11-28-30)29-21(32)14-3-8-19(34-2)15(9-14)10-27/h3-9,11,13H,12H2,1-2H3,(H,29,32). The summed E-state index contributed by atoms with van der Waals surface area (Å²) < 4.78 is 47.8. The summed E-state index contributed by atoms with van der Waals surface area (Å²) in [6.45, 7) is 2.06. The Hall–Kier alpha value is -4.53. The molecule has 0 bridgehead atoms. The Labute approximate surface area is 197 Å². The van der Waals surface area contributed by atoms with Gasteiger partial charge in [0, 0.05) is 11.3 Å². The third-order valence-corrected chi connectivity index (χ3v) is 5.32. The second-order valence-electron chi connectivity index (χ2n) is 7.64. The normalized spacial score (nSPS) is 15.3. The lowest BCUT2D eigenvalue weighted by molar-refractivity contribution is -0.274. The minimum atomic E-state index is -4.83. The molecule has 0 spiro atoms. The lowest BCUT2D eigenvalue weighted by Gasteiger charge is -2.34. The lowest BCUT2D eigenvalue weighted by Crippen LogP contribution is -2.47. The van der Waals surface area contributed by atoms with Crippen LogP contribution in [0.3, 0.4) is 0 Å². The van der Waals surface area contributed by atoms with Gasteiger partial charge in [-0.2, -0.15) is 10.4 Å². The van der Waals surface area contributed by atoms with E-state index in [9.17, 15) is 28.0 Å². The van der Waals surface area contributed by atoms with Gasteiger partial charge in [0.2, 0.25) is 0 Å². The molecular formula is C23H18F3N5O4. The van der Waals surface area contributed by atoms with Gasteiger partial charge in [-0.25, -0.2) is 0 Å². The van der Waals surface area contributed by atoms with Crippen LogP contribution in [0.2, 0.25) is 0 Å². The third-order valence-electron chi connectivity index (χ3n) is 5.32. The van der Waals surface area contributed by atoms with Crippen molar-refractivity contribution in [1.29, 1.82) is 5.26 Å². The highest BCUT2D eigenvalue weighted by molar-refractivity contribution is 6.13. The molecule has 2 aromatic carbocycles. The molecule has 1 aromatic heterocycles. The Morgan fingerprint density at radius 3 is 2.57 bits per heavy atom. The minimum absolute atomic E-state index is 0.112. The molecule has 0 aliphatic carbocycles. The summed E-state index contributed by atoms with van der Waals surface area (Å²) in [7, 11) is 1.41. The Bertz CT molecular complexity index is 1330. The van der Waals surface area contributed by atoms with E-state index in [4.69, 9.17) is 4.74 Å². The predicted molar refractivity (Wildman–Crippen MR) is 117 cm³/mol. The molecule has 9 nitrogen and oxygen atoms in total. The first-order chi connectivity index (χ1) is 16.6. The topological polar surface area (TPSA) is 109 Å². The second kappa shape index (κ2) is 9.02. The number of rotatable bonds is 5. The number of nitrogens with zero attached hydrogens (tertiary/aromatic N) is 4. The molecule has 0 radical (unpaired) electrons. The van der Waals surface area contributed by atoms with Crippen molar-refractivity contribution in [1.82, 2.24) is 9.78 Å². The first kappa shape index (κ1) is 23.6. The van der Waals surface area contributed by atoms with E-state index in [0.29, 0.717) is 18.0 Å². The van der Waals surface area contributed by atoms with Crippen molar-refractivity contribution >= 4 is 23.2 Å². The van der Waals surface area contributed by atoms with Crippen LogP contribution in [-0.4, -0.2) is 41.1 Å². The average molecular weight is 485 g/mol. The first-order valence-corrected chi connectivity index (χ1v) is 10.3. The molecule has 2 amide bonds. The van der Waals surface area contributed by atoms with Crippen LogP contribution in [0.15, 0.2) is 48.7 Å². The molecule has 2 heterocycles. The number of hydrogen-bond donors (Lipinski definition) is 1. The van der Waals surface area contributed by atoms with Gasteiger partial charge in [0.25, 0.3) is 11.8 Å². The van der Waals surface area contributed by atoms with E-state index < -0.39 is 23.9 Å². The molecule has 1 unspecified atom stereocenters. The monoisotopic (exact) mass is 485 g/mol. The second-order valence-corrected chi connectivity index (χ2v) is 7.64. The number of nitrogens with one attached hydrogen (secondary N) is 1. The fourth-order valence-electron chi connectivity index (χ4n) is 3.80. The van der Waals surface area contributed by atoms with Crippen LogP contribution in [0.1, 0.15) is 33.3 Å². The number of aromatic nitrogens is 2. The van der Waals surface area contributed by atoms with E-state index >= 15 is 0 Å². The predicted octanol–water partition coefficient (Wildman–Crippen LogP) is 3.96. The van der Waals surface area contributed by atoms with Crippen LogP contribution in [0, 0.1) is 11.3 Å². The maximum Gasteiger partial charge on any atom is 0.573 e. The summed E-state index contributed by atoms with van der Waals surface area (Å²) in [6, 6.07) is 10.8. The quantitative estimate of drug-likeness (QED) is 0.586. The molecule has 1 aliphatic heterocycles. The van der Waals surface area contributed by atoms with Crippen LogP contribution in [-0.2, 0) is 6.54 Å². The van der Waals surface area contributed by atoms with Gasteiger partial charge in [-0.05, 0) is 49.4 Å². The van der Waals surface area contributed by atoms with E-state index in [2.05, 4.69) is 15.2 Å². The smallest absolute Gasteiger partial charge is 0.495 e. The highest BCUT2D eigenvalue weighted by Gasteiger charge is 2.35. The molecule has 180 valence electrons. The minimum Gasteiger partial charge on any atom is -0.495 e. The number of halogens is 3. The lowest BCUT2D eigenvalue weighted by atomic mass is 10.1. The number of anilines is 2. The van der Waals surface area contributed by atoms with E-state index in [-0.39, 0.29) is 28.6 Å². The Kier molecular flexibility index (Phi) is 6.09. The van der Waals surface area contributed by atoms with Crippen molar-refractivity contribution in [3.05, 3.63) is 65.5 Å². The van der Waals surface area contributed by atoms with Crippen LogP contribution in [0.5, 0.6) is 11.5 Å². The Balaban J connectivity index is 1.59. The van der Waals surface area contributed by atoms with Gasteiger partial charge in [0.1, 0.15) is 23.3 Å². The Morgan fingerprint density at radius 2 is 1.94 bits per heavy atom. The third kappa shape index (κ3) is 4.74. The molecule has 12 heteroatoms. The summed E-state index contributed by atoms with van der Waals surface area (Å²) in [4.78, 5) is 27.6. The van der Waals surface area contributed by atoms with Gasteiger partial charge in [0.05, 0.1) is 37.1 Å². The number of hydrogen-bond acceptors (Lipinski definition) is 6. The zero-order chi connectivity index (χ0) is 25.3. The van der Waals surface area contributed by atoms with Gasteiger partial charge < -0.3 is 19.7 Å². The average Bonchev–Trinajstić information content (AvgIpc) is 3.21. The summed E-state index contributed by atoms with van der Waals surface area (Å²) in [5.41, 5.74) is 0.974. The summed E-state index contributed by atoms with van der Waals surface area (Å²) >= 11 is 0. The molecular weight excluding hydrogens is 467 g/mol. The largest absolute Gasteiger partial charge is 0.573 e. The van der Waals surface area contributed by atoms with Gasteiger partial charge in [0.15, 0.2) is 0 Å². The number of carbonyl (C=O) groups is 2. The molecule has 3 aromatic rings. The van der Waals surface area contributed by atoms with Crippen molar-refractivity contribution in [3.63, 3.8) is 0 Å². The Morgan fingerprint density at radius 1 is 1.23 bits per heavy atom. The van der Waals surface area contributed by atoms with Crippen molar-refractivity contribution in [2.24, 2.45) is 0 Å². The van der Waals surface area contributed by atoms with E-state index in [1.165, 1.54) is 53.2 Å². The summed E-state index contributed by atoms with van der Waals surface area (Å²) in [5, 5.41) is 16.1. The van der Waals surface area contributed by atoms with Crippen LogP contribution < -0.4 is 19.7 Å². The van der Waals surface area contributed by atoms with Crippen LogP contribution in [0.25, 0.3) is 0 Å². The van der Waals surface area contributed by atoms with Crippen molar-refractivity contribution in [3.8, 4) is 17.6 Å². The molecule has 4 rings (SSSR count). The number of ether oxygens (including phenoxy) is 2. The SMILES string of the molecule is COc1ccc(C(=O)Nc2cnn3c2C(=O)N(c2ccc(OC(F)(F)F)cc2)C(C)C3)cc1C#N. The zero-order valence-corrected chi connectivity index (χ0v) is 18.5. The maximum atomic E-state index is 13.4. The molecule has 0 saturated carbocycles. The summed E-state index contributed by atoms with van der Waals surface area (Å²) in [5.74, 6) is -1.15. The molecule has 35 heavy (non-hydrogen) atoms. The van der Waals surface area contributed by atoms with E-state index in [1.54, 1.807) is 6.92 Å². The zero-order valence-electron chi connectivity index (χ0n) is 18.5. The van der Waals surface area contributed by atoms with Crippen molar-refractivity contribution in [2.75, 3.05) is 17.3 Å². The fourth-order valence-corrected chi connectivity index (χ4v) is 3.80. The van der Waals surface area contributed by atoms with E-state index in [1.807, 2.05) is 6.07 Å². The van der Waals surface area contributed by atoms with Crippen molar-refractivity contribution in [2.45, 2.75) is 25.9 Å². The number of alkyl halides is 3. The molecule has 1 atom stereocenters. The van der Waals surface area contributed by atoms with Crippen molar-refractivity contribution < 1.29 is 32.2 Å². The molecule has 1 aliphatic rings. The fraction of sp³-hybridized carbons (Fsp3) is 0.217. The van der Waals surface area contributed by atoms with Gasteiger partial charge in [-0.15, -0.1) is 13.2 Å². The van der Waals surface area contributed by atoms with Gasteiger partial charge in [-0.1, -0.05) is 0 Å². The van der Waals surface area contributed by atoms with Crippen LogP contribution >= 0.6 is 0 Å². The molecule has 0 fully saturated rings. The molecule has 1 N–H and O–H groups in total. The number of nitriles is 1. The number of carbonyl (C=O) groups excluding carboxylic acids is 2. The number of amides is 2. The highest BCUT2D eigenvalue weighted by Crippen LogP contribution is 2.31. The van der Waals surface area contributed by atoms with Crippen LogP contribution in [0.4, 0.5) is 24.5 Å². The first-order valence-electron chi connectivity index (χ1n) is 10.3. The number of fused-ring (bicyclic) bond motifs is 1. The number of methoxy groups -OCH3 is 1. The highest BCUT2D eigenvalue weighted by atomic mass is 19.4. The molecule has 0 saturated heterocycles. The number of benzene rings is 2. The van der Waals surface area contributed by atoms with Gasteiger partial charge in [-0.3, -0.25) is 14.3 Å². The maximum absolute atomic E-state index is 13.4. The summed E-state index contributed by atoms with van der Waals surface area (Å²) in [6.07, 6.45) is -3.48. The van der Waals surface area contributed by atoms with Gasteiger partial charge >= 0.3 is 6.36 Å². The van der Waals surface area contributed by atoms with E-state index in [0.717, 1.165) is 12.1 Å².